The first-order valence-corrected chi connectivity index (χ1v) is 8.70. The Hall–Kier alpha value is -4.00. The Morgan fingerprint density at radius 1 is 0.893 bits per heavy atom. The molecule has 4 rings (SSSR count). The van der Waals surface area contributed by atoms with Crippen LogP contribution in [0.1, 0.15) is 5.56 Å². The summed E-state index contributed by atoms with van der Waals surface area (Å²) in [5.74, 6) is 0.264. The summed E-state index contributed by atoms with van der Waals surface area (Å²) < 4.78 is 0. The fraction of sp³-hybridized carbons (Fsp3) is 0.0476. The molecule has 0 atom stereocenters. The molecule has 7 nitrogen and oxygen atoms in total. The lowest BCUT2D eigenvalue weighted by Crippen LogP contribution is -2.05. The van der Waals surface area contributed by atoms with E-state index in [-0.39, 0.29) is 17.3 Å². The fourth-order valence-corrected chi connectivity index (χ4v) is 3.06. The molecule has 3 aromatic carbocycles. The van der Waals surface area contributed by atoms with Gasteiger partial charge in [0.05, 0.1) is 4.92 Å². The number of rotatable bonds is 5. The zero-order valence-corrected chi connectivity index (χ0v) is 15.1. The van der Waals surface area contributed by atoms with Crippen molar-refractivity contribution < 1.29 is 4.92 Å². The predicted molar refractivity (Wildman–Crippen MR) is 110 cm³/mol. The highest BCUT2D eigenvalue weighted by molar-refractivity contribution is 5.96. The molecular weight excluding hydrogens is 354 g/mol. The summed E-state index contributed by atoms with van der Waals surface area (Å²) in [7, 11) is 0. The molecule has 7 heteroatoms. The maximum Gasteiger partial charge on any atom is 0.353 e. The summed E-state index contributed by atoms with van der Waals surface area (Å²) in [5, 5.41) is 19.9. The van der Waals surface area contributed by atoms with E-state index in [1.165, 1.54) is 6.33 Å². The molecule has 2 N–H and O–H groups in total. The maximum absolute atomic E-state index is 11.8. The lowest BCUT2D eigenvalue weighted by atomic mass is 10.1. The lowest BCUT2D eigenvalue weighted by Gasteiger charge is -2.12. The number of hydrogen-bond acceptors (Lipinski definition) is 6. The Bertz CT molecular complexity index is 1170. The summed E-state index contributed by atoms with van der Waals surface area (Å²) in [6.45, 7) is 1.95. The van der Waals surface area contributed by atoms with Crippen LogP contribution in [0.2, 0.25) is 0 Å². The van der Waals surface area contributed by atoms with Crippen LogP contribution in [0.5, 0.6) is 0 Å². The summed E-state index contributed by atoms with van der Waals surface area (Å²) in [4.78, 5) is 19.5. The van der Waals surface area contributed by atoms with Gasteiger partial charge in [-0.1, -0.05) is 48.5 Å². The van der Waals surface area contributed by atoms with E-state index in [0.29, 0.717) is 0 Å². The highest BCUT2D eigenvalue weighted by Gasteiger charge is 2.23. The van der Waals surface area contributed by atoms with Crippen molar-refractivity contribution >= 4 is 39.5 Å². The predicted octanol–water partition coefficient (Wildman–Crippen LogP) is 5.33. The van der Waals surface area contributed by atoms with E-state index in [2.05, 4.69) is 20.6 Å². The molecule has 0 aliphatic heterocycles. The van der Waals surface area contributed by atoms with Gasteiger partial charge < -0.3 is 10.6 Å². The molecule has 0 saturated carbocycles. The molecule has 1 aromatic heterocycles. The Balaban J connectivity index is 1.76. The van der Waals surface area contributed by atoms with Gasteiger partial charge in [0.1, 0.15) is 6.33 Å². The van der Waals surface area contributed by atoms with Crippen molar-refractivity contribution in [1.29, 1.82) is 0 Å². The monoisotopic (exact) mass is 371 g/mol. The summed E-state index contributed by atoms with van der Waals surface area (Å²) >= 11 is 0. The van der Waals surface area contributed by atoms with Gasteiger partial charge in [-0.2, -0.15) is 0 Å². The van der Waals surface area contributed by atoms with E-state index in [1.807, 2.05) is 73.7 Å². The van der Waals surface area contributed by atoms with E-state index in [4.69, 9.17) is 0 Å². The number of fused-ring (bicyclic) bond motifs is 1. The zero-order valence-electron chi connectivity index (χ0n) is 15.1. The smallest absolute Gasteiger partial charge is 0.334 e. The van der Waals surface area contributed by atoms with Gasteiger partial charge in [-0.25, -0.2) is 9.97 Å². The molecule has 0 bridgehead atoms. The molecule has 138 valence electrons. The Morgan fingerprint density at radius 3 is 2.39 bits per heavy atom. The van der Waals surface area contributed by atoms with Gasteiger partial charge in [-0.15, -0.1) is 0 Å². The van der Waals surface area contributed by atoms with Crippen LogP contribution < -0.4 is 10.6 Å². The first-order valence-electron chi connectivity index (χ1n) is 8.70. The van der Waals surface area contributed by atoms with Crippen molar-refractivity contribution in [1.82, 2.24) is 9.97 Å². The molecule has 4 aromatic rings. The molecule has 0 amide bonds. The number of nitrogens with zero attached hydrogens (tertiary/aromatic N) is 3. The Labute approximate surface area is 161 Å². The van der Waals surface area contributed by atoms with Crippen molar-refractivity contribution in [2.75, 3.05) is 10.6 Å². The third kappa shape index (κ3) is 3.45. The Morgan fingerprint density at radius 2 is 1.61 bits per heavy atom. The number of nitrogens with one attached hydrogen (secondary N) is 2. The highest BCUT2D eigenvalue weighted by atomic mass is 16.6. The van der Waals surface area contributed by atoms with Gasteiger partial charge in [0.2, 0.25) is 11.6 Å². The second-order valence-electron chi connectivity index (χ2n) is 6.32. The number of aryl methyl sites for hydroxylation is 1. The quantitative estimate of drug-likeness (QED) is 0.364. The van der Waals surface area contributed by atoms with E-state index in [9.17, 15) is 10.1 Å². The van der Waals surface area contributed by atoms with E-state index in [1.54, 1.807) is 0 Å². The van der Waals surface area contributed by atoms with Crippen LogP contribution in [0, 0.1) is 17.0 Å². The molecular formula is C21H17N5O2. The fourth-order valence-electron chi connectivity index (χ4n) is 3.06. The third-order valence-corrected chi connectivity index (χ3v) is 4.33. The van der Waals surface area contributed by atoms with Crippen molar-refractivity contribution in [2.24, 2.45) is 0 Å². The minimum Gasteiger partial charge on any atom is -0.334 e. The topological polar surface area (TPSA) is 93.0 Å². The van der Waals surface area contributed by atoms with Gasteiger partial charge in [-0.3, -0.25) is 10.1 Å². The number of aromatic nitrogens is 2. The van der Waals surface area contributed by atoms with Gasteiger partial charge >= 0.3 is 5.69 Å². The minimum absolute atomic E-state index is 0.131. The van der Waals surface area contributed by atoms with Gasteiger partial charge in [-0.05, 0) is 36.1 Å². The van der Waals surface area contributed by atoms with Gasteiger partial charge in [0.15, 0.2) is 0 Å². The molecule has 28 heavy (non-hydrogen) atoms. The third-order valence-electron chi connectivity index (χ3n) is 4.33. The average Bonchev–Trinajstić information content (AvgIpc) is 2.68. The molecule has 1 heterocycles. The molecule has 0 aliphatic rings. The van der Waals surface area contributed by atoms with Crippen LogP contribution in [-0.4, -0.2) is 14.9 Å². The molecule has 0 unspecified atom stereocenters. The van der Waals surface area contributed by atoms with Crippen LogP contribution in [0.25, 0.3) is 10.8 Å². The van der Waals surface area contributed by atoms with Crippen LogP contribution in [0.4, 0.5) is 28.7 Å². The number of nitro groups is 1. The van der Waals surface area contributed by atoms with Crippen molar-refractivity contribution in [2.45, 2.75) is 6.92 Å². The second-order valence-corrected chi connectivity index (χ2v) is 6.32. The Kier molecular flexibility index (Phi) is 4.55. The van der Waals surface area contributed by atoms with Crippen LogP contribution >= 0.6 is 0 Å². The van der Waals surface area contributed by atoms with E-state index >= 15 is 0 Å². The van der Waals surface area contributed by atoms with Crippen molar-refractivity contribution in [3.63, 3.8) is 0 Å². The second kappa shape index (κ2) is 7.32. The number of hydrogen-bond donors (Lipinski definition) is 2. The molecule has 0 fully saturated rings. The normalized spacial score (nSPS) is 10.6. The summed E-state index contributed by atoms with van der Waals surface area (Å²) in [5.41, 5.74) is 2.28. The van der Waals surface area contributed by atoms with Crippen molar-refractivity contribution in [3.8, 4) is 0 Å². The minimum atomic E-state index is -0.481. The molecule has 0 aliphatic carbocycles. The zero-order chi connectivity index (χ0) is 19.5. The molecule has 0 radical (unpaired) electrons. The standard InChI is InChI=1S/C21H17N5O2/c1-14-6-4-9-16(12-14)24-20-19(26(27)28)21(23-13-22-20)25-18-11-5-8-15-7-2-3-10-17(15)18/h2-13H,1H3,(H2,22,23,24,25). The average molecular weight is 371 g/mol. The van der Waals surface area contributed by atoms with Crippen LogP contribution in [0.3, 0.4) is 0 Å². The molecule has 0 spiro atoms. The SMILES string of the molecule is Cc1cccc(Nc2ncnc(Nc3cccc4ccccc34)c2[N+](=O)[O-])c1. The van der Waals surface area contributed by atoms with Gasteiger partial charge in [0.25, 0.3) is 0 Å². The van der Waals surface area contributed by atoms with Crippen molar-refractivity contribution in [3.05, 3.63) is 88.7 Å². The van der Waals surface area contributed by atoms with Crippen LogP contribution in [-0.2, 0) is 0 Å². The van der Waals surface area contributed by atoms with E-state index in [0.717, 1.165) is 27.7 Å². The van der Waals surface area contributed by atoms with E-state index < -0.39 is 4.92 Å². The van der Waals surface area contributed by atoms with Gasteiger partial charge in [0, 0.05) is 16.8 Å². The highest BCUT2D eigenvalue weighted by Crippen LogP contribution is 2.34. The number of anilines is 4. The summed E-state index contributed by atoms with van der Waals surface area (Å²) in [6.07, 6.45) is 1.30. The molecule has 0 saturated heterocycles. The van der Waals surface area contributed by atoms with Crippen LogP contribution in [0.15, 0.2) is 73.1 Å². The largest absolute Gasteiger partial charge is 0.353 e. The summed E-state index contributed by atoms with van der Waals surface area (Å²) in [6, 6.07) is 21.1. The first-order chi connectivity index (χ1) is 13.6. The first kappa shape index (κ1) is 17.4. The number of benzene rings is 3. The lowest BCUT2D eigenvalue weighted by molar-refractivity contribution is -0.383. The maximum atomic E-state index is 11.8.